The lowest BCUT2D eigenvalue weighted by molar-refractivity contribution is 0.0730. The number of carbonyl (C=O) groups is 1. The summed E-state index contributed by atoms with van der Waals surface area (Å²) in [5, 5.41) is 0. The third kappa shape index (κ3) is 2.05. The molecule has 0 spiro atoms. The first-order valence-electron chi connectivity index (χ1n) is 7.33. The molecule has 1 aliphatic heterocycles. The number of hydrogen-bond donors (Lipinski definition) is 0. The van der Waals surface area contributed by atoms with Gasteiger partial charge in [0.25, 0.3) is 5.91 Å². The van der Waals surface area contributed by atoms with Gasteiger partial charge in [0.15, 0.2) is 0 Å². The van der Waals surface area contributed by atoms with Gasteiger partial charge in [-0.2, -0.15) is 0 Å². The molecule has 0 bridgehead atoms. The van der Waals surface area contributed by atoms with E-state index in [-0.39, 0.29) is 11.9 Å². The van der Waals surface area contributed by atoms with Crippen molar-refractivity contribution in [3.05, 3.63) is 28.6 Å². The molecule has 3 nitrogen and oxygen atoms in total. The lowest BCUT2D eigenvalue weighted by Crippen LogP contribution is -2.30. The first-order valence-corrected chi connectivity index (χ1v) is 7.33. The van der Waals surface area contributed by atoms with Gasteiger partial charge in [-0.15, -0.1) is 0 Å². The van der Waals surface area contributed by atoms with Crippen molar-refractivity contribution in [3.63, 3.8) is 0 Å². The molecule has 0 atom stereocenters. The third-order valence-corrected chi connectivity index (χ3v) is 4.17. The van der Waals surface area contributed by atoms with Gasteiger partial charge in [-0.25, -0.2) is 0 Å². The minimum atomic E-state index is 0.191. The van der Waals surface area contributed by atoms with Crippen LogP contribution in [0, 0.1) is 0 Å². The van der Waals surface area contributed by atoms with E-state index >= 15 is 0 Å². The summed E-state index contributed by atoms with van der Waals surface area (Å²) >= 11 is 0. The summed E-state index contributed by atoms with van der Waals surface area (Å²) < 4.78 is 0. The normalized spacial score (nSPS) is 18.6. The van der Waals surface area contributed by atoms with E-state index in [2.05, 4.69) is 27.7 Å². The maximum absolute atomic E-state index is 12.5. The van der Waals surface area contributed by atoms with E-state index in [1.807, 2.05) is 11.0 Å². The fourth-order valence-electron chi connectivity index (χ4n) is 2.77. The first-order chi connectivity index (χ1) is 8.99. The van der Waals surface area contributed by atoms with E-state index < -0.39 is 0 Å². The number of amides is 1. The second-order valence-electron chi connectivity index (χ2n) is 6.41. The second-order valence-corrected chi connectivity index (χ2v) is 6.41. The van der Waals surface area contributed by atoms with Crippen LogP contribution in [-0.2, 0) is 6.54 Å². The van der Waals surface area contributed by atoms with Crippen molar-refractivity contribution >= 4 is 5.91 Å². The Kier molecular flexibility index (Phi) is 2.88. The van der Waals surface area contributed by atoms with Gasteiger partial charge in [-0.1, -0.05) is 13.8 Å². The molecule has 1 aliphatic carbocycles. The van der Waals surface area contributed by atoms with Crippen LogP contribution in [0.3, 0.4) is 0 Å². The Morgan fingerprint density at radius 1 is 1.26 bits per heavy atom. The Hall–Kier alpha value is -1.38. The fraction of sp³-hybridized carbons (Fsp3) is 0.625. The smallest absolute Gasteiger partial charge is 0.254 e. The van der Waals surface area contributed by atoms with Gasteiger partial charge in [-0.05, 0) is 38.7 Å². The lowest BCUT2D eigenvalue weighted by Gasteiger charge is -2.19. The number of hydrogen-bond acceptors (Lipinski definition) is 2. The average Bonchev–Trinajstić information content (AvgIpc) is 3.13. The Morgan fingerprint density at radius 2 is 1.95 bits per heavy atom. The summed E-state index contributed by atoms with van der Waals surface area (Å²) in [6, 6.07) is 2.28. The van der Waals surface area contributed by atoms with Gasteiger partial charge in [0.2, 0.25) is 0 Å². The minimum absolute atomic E-state index is 0.191. The Morgan fingerprint density at radius 3 is 2.47 bits per heavy atom. The van der Waals surface area contributed by atoms with Crippen molar-refractivity contribution in [2.24, 2.45) is 0 Å². The highest BCUT2D eigenvalue weighted by atomic mass is 16.2. The zero-order chi connectivity index (χ0) is 13.7. The van der Waals surface area contributed by atoms with Crippen LogP contribution in [0.5, 0.6) is 0 Å². The maximum atomic E-state index is 12.5. The van der Waals surface area contributed by atoms with Crippen LogP contribution < -0.4 is 0 Å². The highest BCUT2D eigenvalue weighted by Crippen LogP contribution is 2.44. The molecule has 1 amide bonds. The average molecular weight is 258 g/mol. The summed E-state index contributed by atoms with van der Waals surface area (Å²) in [5.74, 6) is 1.17. The van der Waals surface area contributed by atoms with Crippen molar-refractivity contribution in [1.29, 1.82) is 0 Å². The molecule has 0 N–H and O–H groups in total. The molecule has 1 aromatic rings. The van der Waals surface area contributed by atoms with Gasteiger partial charge in [0.05, 0.1) is 0 Å². The van der Waals surface area contributed by atoms with E-state index in [0.717, 1.165) is 17.8 Å². The van der Waals surface area contributed by atoms with Crippen molar-refractivity contribution in [2.75, 3.05) is 0 Å². The number of nitrogens with zero attached hydrogens (tertiary/aromatic N) is 2. The number of rotatable bonds is 3. The molecule has 1 fully saturated rings. The summed E-state index contributed by atoms with van der Waals surface area (Å²) in [6.07, 6.45) is 2.47. The quantitative estimate of drug-likeness (QED) is 0.832. The van der Waals surface area contributed by atoms with Crippen LogP contribution in [0.25, 0.3) is 0 Å². The zero-order valence-electron chi connectivity index (χ0n) is 12.2. The standard InChI is InChI=1S/C16H22N2O/c1-9(2)14-7-12-13(15(17-14)11-5-6-11)8-18(10(3)4)16(12)19/h7,9-11H,5-6,8H2,1-4H3. The van der Waals surface area contributed by atoms with Crippen LogP contribution >= 0.6 is 0 Å². The highest BCUT2D eigenvalue weighted by Gasteiger charge is 2.37. The summed E-state index contributed by atoms with van der Waals surface area (Å²) in [6.45, 7) is 9.20. The van der Waals surface area contributed by atoms with Crippen molar-refractivity contribution in [2.45, 2.75) is 65.0 Å². The van der Waals surface area contributed by atoms with E-state index in [1.165, 1.54) is 24.1 Å². The molecule has 19 heavy (non-hydrogen) atoms. The first kappa shape index (κ1) is 12.6. The van der Waals surface area contributed by atoms with Crippen LogP contribution in [0.1, 0.15) is 79.7 Å². The largest absolute Gasteiger partial charge is 0.332 e. The van der Waals surface area contributed by atoms with Crippen LogP contribution in [0.15, 0.2) is 6.07 Å². The van der Waals surface area contributed by atoms with Crippen molar-refractivity contribution < 1.29 is 4.79 Å². The Bertz CT molecular complexity index is 530. The predicted octanol–water partition coefficient (Wildman–Crippen LogP) is 3.45. The molecule has 2 heterocycles. The van der Waals surface area contributed by atoms with Crippen molar-refractivity contribution in [3.8, 4) is 0 Å². The molecule has 0 radical (unpaired) electrons. The summed E-state index contributed by atoms with van der Waals surface area (Å²) in [5.41, 5.74) is 4.39. The Labute approximate surface area is 115 Å². The molecular weight excluding hydrogens is 236 g/mol. The molecule has 0 unspecified atom stereocenters. The zero-order valence-corrected chi connectivity index (χ0v) is 12.2. The third-order valence-electron chi connectivity index (χ3n) is 4.17. The Balaban J connectivity index is 2.09. The molecule has 1 saturated carbocycles. The van der Waals surface area contributed by atoms with Crippen molar-refractivity contribution in [1.82, 2.24) is 9.88 Å². The van der Waals surface area contributed by atoms with Gasteiger partial charge >= 0.3 is 0 Å². The van der Waals surface area contributed by atoms with Gasteiger partial charge in [0, 0.05) is 41.0 Å². The monoisotopic (exact) mass is 258 g/mol. The highest BCUT2D eigenvalue weighted by molar-refractivity contribution is 5.99. The van der Waals surface area contributed by atoms with Crippen LogP contribution in [0.4, 0.5) is 0 Å². The summed E-state index contributed by atoms with van der Waals surface area (Å²) in [7, 11) is 0. The molecule has 3 heteroatoms. The van der Waals surface area contributed by atoms with E-state index in [0.29, 0.717) is 11.8 Å². The van der Waals surface area contributed by atoms with Crippen LogP contribution in [-0.4, -0.2) is 21.8 Å². The second kappa shape index (κ2) is 4.32. The number of pyridine rings is 1. The van der Waals surface area contributed by atoms with Crippen LogP contribution in [0.2, 0.25) is 0 Å². The number of aromatic nitrogens is 1. The molecule has 102 valence electrons. The lowest BCUT2D eigenvalue weighted by atomic mass is 10.0. The fourth-order valence-corrected chi connectivity index (χ4v) is 2.77. The van der Waals surface area contributed by atoms with Gasteiger partial charge in [-0.3, -0.25) is 9.78 Å². The van der Waals surface area contributed by atoms with E-state index in [9.17, 15) is 4.79 Å². The number of fused-ring (bicyclic) bond motifs is 1. The molecular formula is C16H22N2O. The minimum Gasteiger partial charge on any atom is -0.332 e. The number of carbonyl (C=O) groups excluding carboxylic acids is 1. The summed E-state index contributed by atoms with van der Waals surface area (Å²) in [4.78, 5) is 19.3. The SMILES string of the molecule is CC(C)c1cc2c(c(C3CC3)n1)CN(C(C)C)C2=O. The van der Waals surface area contributed by atoms with E-state index in [4.69, 9.17) is 4.98 Å². The van der Waals surface area contributed by atoms with E-state index in [1.54, 1.807) is 0 Å². The molecule has 0 aromatic carbocycles. The molecule has 3 rings (SSSR count). The topological polar surface area (TPSA) is 33.2 Å². The molecule has 1 aromatic heterocycles. The molecule has 0 saturated heterocycles. The van der Waals surface area contributed by atoms with Gasteiger partial charge < -0.3 is 4.90 Å². The maximum Gasteiger partial charge on any atom is 0.254 e. The van der Waals surface area contributed by atoms with Gasteiger partial charge in [0.1, 0.15) is 0 Å². The molecule has 2 aliphatic rings. The predicted molar refractivity (Wildman–Crippen MR) is 75.3 cm³/mol.